The summed E-state index contributed by atoms with van der Waals surface area (Å²) in [5.74, 6) is 0. The standard InChI is InChI=1S/C54H33NS2/c1-2-15-36(16-3-1)41-21-11-25-49-51(41)45-23-10-22-44(53(45)56-49)46-33-47-52-48(24-12-26-50(52)57-54(47)43-20-9-8-19-42(43)46)55(39-29-27-34-13-4-6-17-37(34)31-39)40-30-28-35-14-5-7-18-38(35)32-40/h1-33H. The quantitative estimate of drug-likeness (QED) is 0.169. The predicted octanol–water partition coefficient (Wildman–Crippen LogP) is 16.7. The molecule has 57 heavy (non-hydrogen) atoms. The van der Waals surface area contributed by atoms with E-state index in [0.717, 1.165) is 11.4 Å². The van der Waals surface area contributed by atoms with Gasteiger partial charge < -0.3 is 4.90 Å². The van der Waals surface area contributed by atoms with E-state index < -0.39 is 0 Å². The van der Waals surface area contributed by atoms with Crippen molar-refractivity contribution in [3.8, 4) is 22.3 Å². The maximum absolute atomic E-state index is 2.50. The molecule has 0 aliphatic rings. The summed E-state index contributed by atoms with van der Waals surface area (Å²) in [6.07, 6.45) is 0. The van der Waals surface area contributed by atoms with Crippen LogP contribution < -0.4 is 4.90 Å². The molecule has 0 N–H and O–H groups in total. The van der Waals surface area contributed by atoms with E-state index >= 15 is 0 Å². The van der Waals surface area contributed by atoms with Crippen LogP contribution in [0.4, 0.5) is 17.1 Å². The van der Waals surface area contributed by atoms with Gasteiger partial charge in [0.15, 0.2) is 0 Å². The summed E-state index contributed by atoms with van der Waals surface area (Å²) in [6, 6.07) is 73.9. The predicted molar refractivity (Wildman–Crippen MR) is 250 cm³/mol. The molecule has 0 aliphatic heterocycles. The van der Waals surface area contributed by atoms with Gasteiger partial charge in [-0.2, -0.15) is 0 Å². The highest BCUT2D eigenvalue weighted by molar-refractivity contribution is 7.27. The average molecular weight is 760 g/mol. The number of fused-ring (bicyclic) bond motifs is 10. The lowest BCUT2D eigenvalue weighted by atomic mass is 9.93. The van der Waals surface area contributed by atoms with Gasteiger partial charge in [0, 0.05) is 62.7 Å². The molecule has 0 aliphatic carbocycles. The second-order valence-electron chi connectivity index (χ2n) is 14.8. The minimum Gasteiger partial charge on any atom is -0.310 e. The van der Waals surface area contributed by atoms with E-state index in [4.69, 9.17) is 0 Å². The third-order valence-corrected chi connectivity index (χ3v) is 14.0. The van der Waals surface area contributed by atoms with Gasteiger partial charge in [-0.3, -0.25) is 0 Å². The van der Waals surface area contributed by atoms with Crippen LogP contribution in [0, 0.1) is 0 Å². The molecule has 266 valence electrons. The molecule has 0 radical (unpaired) electrons. The molecule has 0 saturated carbocycles. The maximum atomic E-state index is 2.50. The van der Waals surface area contributed by atoms with Crippen LogP contribution in [0.3, 0.4) is 0 Å². The van der Waals surface area contributed by atoms with E-state index in [0.29, 0.717) is 0 Å². The zero-order chi connectivity index (χ0) is 37.5. The molecule has 0 saturated heterocycles. The fourth-order valence-corrected chi connectivity index (χ4v) is 11.5. The fourth-order valence-electron chi connectivity index (χ4n) is 9.02. The van der Waals surface area contributed by atoms with Crippen LogP contribution in [0.1, 0.15) is 0 Å². The number of nitrogens with zero attached hydrogens (tertiary/aromatic N) is 1. The monoisotopic (exact) mass is 759 g/mol. The van der Waals surface area contributed by atoms with Gasteiger partial charge >= 0.3 is 0 Å². The Kier molecular flexibility index (Phi) is 7.34. The maximum Gasteiger partial charge on any atom is 0.0554 e. The Morgan fingerprint density at radius 1 is 0.316 bits per heavy atom. The minimum absolute atomic E-state index is 1.14. The van der Waals surface area contributed by atoms with Gasteiger partial charge in [0.2, 0.25) is 0 Å². The molecule has 0 bridgehead atoms. The largest absolute Gasteiger partial charge is 0.310 e. The fraction of sp³-hybridized carbons (Fsp3) is 0. The molecule has 12 rings (SSSR count). The first-order valence-corrected chi connectivity index (χ1v) is 21.0. The molecule has 12 aromatic rings. The van der Waals surface area contributed by atoms with Crippen molar-refractivity contribution in [2.24, 2.45) is 0 Å². The Hall–Kier alpha value is -6.78. The van der Waals surface area contributed by atoms with Gasteiger partial charge in [-0.05, 0) is 92.2 Å². The summed E-state index contributed by atoms with van der Waals surface area (Å²) < 4.78 is 5.25. The third-order valence-electron chi connectivity index (χ3n) is 11.6. The Bertz CT molecular complexity index is 3460. The Labute approximate surface area is 337 Å². The van der Waals surface area contributed by atoms with Crippen molar-refractivity contribution in [2.75, 3.05) is 4.90 Å². The van der Waals surface area contributed by atoms with E-state index in [2.05, 4.69) is 205 Å². The van der Waals surface area contributed by atoms with Crippen LogP contribution in [0.25, 0.3) is 94.9 Å². The van der Waals surface area contributed by atoms with Crippen LogP contribution in [0.5, 0.6) is 0 Å². The second-order valence-corrected chi connectivity index (χ2v) is 16.9. The first-order chi connectivity index (χ1) is 28.3. The smallest absolute Gasteiger partial charge is 0.0554 e. The minimum atomic E-state index is 1.14. The third kappa shape index (κ3) is 5.13. The molecule has 0 unspecified atom stereocenters. The van der Waals surface area contributed by atoms with Crippen molar-refractivity contribution in [3.05, 3.63) is 200 Å². The molecule has 1 nitrogen and oxygen atoms in total. The van der Waals surface area contributed by atoms with Gasteiger partial charge in [-0.25, -0.2) is 0 Å². The van der Waals surface area contributed by atoms with E-state index in [9.17, 15) is 0 Å². The van der Waals surface area contributed by atoms with Crippen molar-refractivity contribution in [1.82, 2.24) is 0 Å². The molecular weight excluding hydrogens is 727 g/mol. The molecule has 0 fully saturated rings. The van der Waals surface area contributed by atoms with E-state index in [-0.39, 0.29) is 0 Å². The Balaban J connectivity index is 1.15. The summed E-state index contributed by atoms with van der Waals surface area (Å²) in [5, 5.41) is 12.7. The van der Waals surface area contributed by atoms with Crippen molar-refractivity contribution in [3.63, 3.8) is 0 Å². The second kappa shape index (κ2) is 12.9. The first kappa shape index (κ1) is 32.5. The Morgan fingerprint density at radius 3 is 1.61 bits per heavy atom. The number of rotatable bonds is 5. The Morgan fingerprint density at radius 2 is 0.877 bits per heavy atom. The molecule has 0 atom stereocenters. The number of benzene rings is 10. The molecule has 0 amide bonds. The van der Waals surface area contributed by atoms with Crippen molar-refractivity contribution in [2.45, 2.75) is 0 Å². The highest BCUT2D eigenvalue weighted by Gasteiger charge is 2.22. The zero-order valence-corrected chi connectivity index (χ0v) is 32.4. The van der Waals surface area contributed by atoms with Gasteiger partial charge in [0.25, 0.3) is 0 Å². The van der Waals surface area contributed by atoms with Gasteiger partial charge in [0.05, 0.1) is 5.69 Å². The average Bonchev–Trinajstić information content (AvgIpc) is 3.86. The van der Waals surface area contributed by atoms with Crippen molar-refractivity contribution >= 4 is 112 Å². The lowest BCUT2D eigenvalue weighted by Gasteiger charge is -2.27. The molecule has 2 aromatic heterocycles. The highest BCUT2D eigenvalue weighted by atomic mass is 32.1. The van der Waals surface area contributed by atoms with Crippen molar-refractivity contribution in [1.29, 1.82) is 0 Å². The van der Waals surface area contributed by atoms with E-state index in [1.54, 1.807) is 0 Å². The molecule has 10 aromatic carbocycles. The van der Waals surface area contributed by atoms with Crippen LogP contribution in [0.2, 0.25) is 0 Å². The summed E-state index contributed by atoms with van der Waals surface area (Å²) in [4.78, 5) is 2.47. The van der Waals surface area contributed by atoms with Gasteiger partial charge in [-0.1, -0.05) is 152 Å². The number of thiophene rings is 2. The molecule has 0 spiro atoms. The zero-order valence-electron chi connectivity index (χ0n) is 30.8. The van der Waals surface area contributed by atoms with Gasteiger partial charge in [0.1, 0.15) is 0 Å². The summed E-state index contributed by atoms with van der Waals surface area (Å²) in [7, 11) is 0. The normalized spacial score (nSPS) is 11.9. The molecular formula is C54H33NS2. The number of anilines is 3. The SMILES string of the molecule is c1ccc(-c2cccc3sc4c(-c5cc6c(sc7cccc(N(c8ccc9ccccc9c8)c8ccc9ccccc9c8)c76)c6ccccc56)cccc4c23)cc1. The lowest BCUT2D eigenvalue weighted by Crippen LogP contribution is -2.10. The number of hydrogen-bond acceptors (Lipinski definition) is 3. The molecule has 2 heterocycles. The van der Waals surface area contributed by atoms with Crippen LogP contribution in [-0.4, -0.2) is 0 Å². The summed E-state index contributed by atoms with van der Waals surface area (Å²) >= 11 is 3.82. The first-order valence-electron chi connectivity index (χ1n) is 19.4. The topological polar surface area (TPSA) is 3.24 Å². The van der Waals surface area contributed by atoms with Crippen molar-refractivity contribution < 1.29 is 0 Å². The number of hydrogen-bond donors (Lipinski definition) is 0. The van der Waals surface area contributed by atoms with Gasteiger partial charge in [-0.15, -0.1) is 22.7 Å². The lowest BCUT2D eigenvalue weighted by molar-refractivity contribution is 1.31. The summed E-state index contributed by atoms with van der Waals surface area (Å²) in [6.45, 7) is 0. The highest BCUT2D eigenvalue weighted by Crippen LogP contribution is 2.51. The van der Waals surface area contributed by atoms with E-state index in [1.165, 1.54) is 101 Å². The molecule has 3 heteroatoms. The van der Waals surface area contributed by atoms with Crippen LogP contribution in [-0.2, 0) is 0 Å². The van der Waals surface area contributed by atoms with Crippen LogP contribution >= 0.6 is 22.7 Å². The summed E-state index contributed by atoms with van der Waals surface area (Å²) in [5.41, 5.74) is 8.55. The van der Waals surface area contributed by atoms with Crippen LogP contribution in [0.15, 0.2) is 200 Å². The van der Waals surface area contributed by atoms with E-state index in [1.807, 2.05) is 22.7 Å².